The summed E-state index contributed by atoms with van der Waals surface area (Å²) in [4.78, 5) is 26.6. The molecule has 2 aliphatic rings. The summed E-state index contributed by atoms with van der Waals surface area (Å²) in [6.45, 7) is 6.58. The lowest BCUT2D eigenvalue weighted by Gasteiger charge is -2.38. The molecule has 0 aromatic rings. The molecule has 0 unspecified atom stereocenters. The molecule has 2 fully saturated rings. The van der Waals surface area contributed by atoms with Crippen LogP contribution in [0.25, 0.3) is 0 Å². The highest BCUT2D eigenvalue weighted by Gasteiger charge is 2.44. The predicted molar refractivity (Wildman–Crippen MR) is 80.8 cm³/mol. The summed E-state index contributed by atoms with van der Waals surface area (Å²) in [5.41, 5.74) is -0.635. The predicted octanol–water partition coefficient (Wildman–Crippen LogP) is 1.71. The number of nitrogens with one attached hydrogen (secondary N) is 1. The van der Waals surface area contributed by atoms with E-state index < -0.39 is 5.54 Å². The van der Waals surface area contributed by atoms with Crippen molar-refractivity contribution in [3.8, 4) is 0 Å². The van der Waals surface area contributed by atoms with Crippen LogP contribution in [-0.4, -0.2) is 48.6 Å². The highest BCUT2D eigenvalue weighted by molar-refractivity contribution is 5.93. The van der Waals surface area contributed by atoms with Gasteiger partial charge in [-0.25, -0.2) is 0 Å². The summed E-state index contributed by atoms with van der Waals surface area (Å²) in [7, 11) is 0. The van der Waals surface area contributed by atoms with Gasteiger partial charge < -0.3 is 15.0 Å². The molecule has 0 aromatic heterocycles. The quantitative estimate of drug-likeness (QED) is 0.786. The van der Waals surface area contributed by atoms with Gasteiger partial charge in [0, 0.05) is 26.1 Å². The van der Waals surface area contributed by atoms with E-state index in [-0.39, 0.29) is 11.8 Å². The molecule has 1 aliphatic carbocycles. The van der Waals surface area contributed by atoms with Crippen LogP contribution in [-0.2, 0) is 14.3 Å². The van der Waals surface area contributed by atoms with Crippen LogP contribution in [0.4, 0.5) is 0 Å². The maximum absolute atomic E-state index is 12.9. The van der Waals surface area contributed by atoms with Crippen molar-refractivity contribution in [3.05, 3.63) is 0 Å². The first-order valence-electron chi connectivity index (χ1n) is 8.22. The van der Waals surface area contributed by atoms with E-state index in [0.29, 0.717) is 38.6 Å². The molecule has 0 atom stereocenters. The molecule has 120 valence electrons. The number of rotatable bonds is 5. The Balaban J connectivity index is 1.96. The highest BCUT2D eigenvalue weighted by atomic mass is 16.5. The van der Waals surface area contributed by atoms with Gasteiger partial charge in [-0.3, -0.25) is 9.59 Å². The molecule has 0 aromatic carbocycles. The van der Waals surface area contributed by atoms with E-state index >= 15 is 0 Å². The van der Waals surface area contributed by atoms with E-state index in [9.17, 15) is 9.59 Å². The second-order valence-electron chi connectivity index (χ2n) is 6.70. The van der Waals surface area contributed by atoms with Crippen molar-refractivity contribution in [3.63, 3.8) is 0 Å². The summed E-state index contributed by atoms with van der Waals surface area (Å²) in [6, 6.07) is 0. The minimum atomic E-state index is -0.635. The van der Waals surface area contributed by atoms with Crippen molar-refractivity contribution in [2.45, 2.75) is 57.9 Å². The second-order valence-corrected chi connectivity index (χ2v) is 6.70. The molecular formula is C16H28N2O3. The molecule has 1 spiro atoms. The molecular weight excluding hydrogens is 268 g/mol. The largest absolute Gasteiger partial charge is 0.379 e. The van der Waals surface area contributed by atoms with Gasteiger partial charge in [0.2, 0.25) is 11.8 Å². The topological polar surface area (TPSA) is 58.6 Å². The van der Waals surface area contributed by atoms with E-state index in [0.717, 1.165) is 32.1 Å². The molecule has 5 nitrogen and oxygen atoms in total. The second kappa shape index (κ2) is 7.25. The third-order valence-corrected chi connectivity index (χ3v) is 4.35. The van der Waals surface area contributed by atoms with E-state index in [1.165, 1.54) is 0 Å². The zero-order chi connectivity index (χ0) is 15.3. The van der Waals surface area contributed by atoms with Gasteiger partial charge in [0.15, 0.2) is 0 Å². The standard InChI is InChI=1S/C16H28N2O3/c1-13(2)12-21-11-10-18-9-6-14(19)17-16(15(18)20)7-4-3-5-8-16/h13H,3-12H2,1-2H3,(H,17,19). The Bertz CT molecular complexity index is 376. The molecule has 5 heteroatoms. The van der Waals surface area contributed by atoms with E-state index in [4.69, 9.17) is 4.74 Å². The van der Waals surface area contributed by atoms with Crippen molar-refractivity contribution in [1.82, 2.24) is 10.2 Å². The highest BCUT2D eigenvalue weighted by Crippen LogP contribution is 2.31. The van der Waals surface area contributed by atoms with Gasteiger partial charge in [-0.15, -0.1) is 0 Å². The molecule has 1 saturated heterocycles. The molecule has 0 bridgehead atoms. The van der Waals surface area contributed by atoms with Gasteiger partial charge in [-0.1, -0.05) is 33.1 Å². The van der Waals surface area contributed by atoms with Crippen LogP contribution in [0.2, 0.25) is 0 Å². The number of ether oxygens (including phenoxy) is 1. The Hall–Kier alpha value is -1.10. The van der Waals surface area contributed by atoms with Gasteiger partial charge in [0.05, 0.1) is 6.61 Å². The lowest BCUT2D eigenvalue weighted by molar-refractivity contribution is -0.141. The maximum Gasteiger partial charge on any atom is 0.248 e. The first-order valence-corrected chi connectivity index (χ1v) is 8.22. The Morgan fingerprint density at radius 2 is 1.95 bits per heavy atom. The molecule has 21 heavy (non-hydrogen) atoms. The monoisotopic (exact) mass is 296 g/mol. The SMILES string of the molecule is CC(C)COCCN1CCC(=O)NC2(CCCCC2)C1=O. The lowest BCUT2D eigenvalue weighted by Crippen LogP contribution is -2.58. The molecule has 1 N–H and O–H groups in total. The average Bonchev–Trinajstić information content (AvgIpc) is 2.56. The third-order valence-electron chi connectivity index (χ3n) is 4.35. The first kappa shape index (κ1) is 16.3. The number of amides is 2. The van der Waals surface area contributed by atoms with Gasteiger partial charge in [0.1, 0.15) is 5.54 Å². The minimum absolute atomic E-state index is 0.0100. The van der Waals surface area contributed by atoms with Crippen LogP contribution in [0.3, 0.4) is 0 Å². The van der Waals surface area contributed by atoms with Crippen LogP contribution >= 0.6 is 0 Å². The van der Waals surface area contributed by atoms with Crippen LogP contribution in [0, 0.1) is 5.92 Å². The van der Waals surface area contributed by atoms with Crippen LogP contribution in [0.1, 0.15) is 52.4 Å². The normalized spacial score (nSPS) is 22.5. The third kappa shape index (κ3) is 4.19. The van der Waals surface area contributed by atoms with E-state index in [2.05, 4.69) is 19.2 Å². The van der Waals surface area contributed by atoms with Crippen molar-refractivity contribution in [2.75, 3.05) is 26.3 Å². The maximum atomic E-state index is 12.9. The number of nitrogens with zero attached hydrogens (tertiary/aromatic N) is 1. The fourth-order valence-electron chi connectivity index (χ4n) is 3.22. The summed E-state index contributed by atoms with van der Waals surface area (Å²) >= 11 is 0. The molecule has 1 aliphatic heterocycles. The molecule has 1 heterocycles. The Kier molecular flexibility index (Phi) is 5.62. The summed E-state index contributed by atoms with van der Waals surface area (Å²) in [5, 5.41) is 3.01. The van der Waals surface area contributed by atoms with Gasteiger partial charge in [-0.2, -0.15) is 0 Å². The van der Waals surface area contributed by atoms with Gasteiger partial charge >= 0.3 is 0 Å². The average molecular weight is 296 g/mol. The summed E-state index contributed by atoms with van der Waals surface area (Å²) < 4.78 is 5.59. The lowest BCUT2D eigenvalue weighted by atomic mass is 9.80. The number of hydrogen-bond acceptors (Lipinski definition) is 3. The van der Waals surface area contributed by atoms with Crippen LogP contribution in [0.15, 0.2) is 0 Å². The zero-order valence-corrected chi connectivity index (χ0v) is 13.3. The molecule has 0 radical (unpaired) electrons. The Morgan fingerprint density at radius 1 is 1.24 bits per heavy atom. The van der Waals surface area contributed by atoms with Crippen molar-refractivity contribution >= 4 is 11.8 Å². The number of carbonyl (C=O) groups is 2. The Labute approximate surface area is 127 Å². The number of hydrogen-bond donors (Lipinski definition) is 1. The number of carbonyl (C=O) groups excluding carboxylic acids is 2. The summed E-state index contributed by atoms with van der Waals surface area (Å²) in [6.07, 6.45) is 5.15. The first-order chi connectivity index (χ1) is 10.0. The Morgan fingerprint density at radius 3 is 2.62 bits per heavy atom. The molecule has 2 amide bonds. The van der Waals surface area contributed by atoms with Crippen molar-refractivity contribution < 1.29 is 14.3 Å². The fraction of sp³-hybridized carbons (Fsp3) is 0.875. The minimum Gasteiger partial charge on any atom is -0.379 e. The van der Waals surface area contributed by atoms with Crippen LogP contribution < -0.4 is 5.32 Å². The zero-order valence-electron chi connectivity index (χ0n) is 13.3. The molecule has 1 saturated carbocycles. The summed E-state index contributed by atoms with van der Waals surface area (Å²) in [5.74, 6) is 0.606. The van der Waals surface area contributed by atoms with Gasteiger partial charge in [-0.05, 0) is 18.8 Å². The van der Waals surface area contributed by atoms with Crippen molar-refractivity contribution in [2.24, 2.45) is 5.92 Å². The van der Waals surface area contributed by atoms with Crippen LogP contribution in [0.5, 0.6) is 0 Å². The van der Waals surface area contributed by atoms with Crippen molar-refractivity contribution in [1.29, 1.82) is 0 Å². The van der Waals surface area contributed by atoms with E-state index in [1.54, 1.807) is 0 Å². The van der Waals surface area contributed by atoms with E-state index in [1.807, 2.05) is 4.90 Å². The smallest absolute Gasteiger partial charge is 0.248 e. The molecule has 2 rings (SSSR count). The van der Waals surface area contributed by atoms with Gasteiger partial charge in [0.25, 0.3) is 0 Å². The fourth-order valence-corrected chi connectivity index (χ4v) is 3.22.